The number of pyridine rings is 1. The lowest BCUT2D eigenvalue weighted by molar-refractivity contribution is 0.0935. The van der Waals surface area contributed by atoms with E-state index in [2.05, 4.69) is 105 Å². The Morgan fingerprint density at radius 3 is 2.46 bits per heavy atom. The summed E-state index contributed by atoms with van der Waals surface area (Å²) in [6, 6.07) is 27.4. The maximum absolute atomic E-state index is 12.9. The summed E-state index contributed by atoms with van der Waals surface area (Å²) < 4.78 is 1.20. The van der Waals surface area contributed by atoms with E-state index in [1.54, 1.807) is 0 Å². The minimum absolute atomic E-state index is 0.0118. The van der Waals surface area contributed by atoms with Crippen LogP contribution in [-0.2, 0) is 13.0 Å². The Balaban J connectivity index is 1.11. The van der Waals surface area contributed by atoms with E-state index in [1.165, 1.54) is 32.9 Å². The van der Waals surface area contributed by atoms with E-state index in [-0.39, 0.29) is 11.9 Å². The summed E-state index contributed by atoms with van der Waals surface area (Å²) >= 11 is 2.30. The van der Waals surface area contributed by atoms with E-state index < -0.39 is 0 Å². The molecule has 1 aliphatic rings. The molecule has 0 radical (unpaired) electrons. The summed E-state index contributed by atoms with van der Waals surface area (Å²) in [5.41, 5.74) is 5.62. The molecule has 1 amide bonds. The molecule has 2 heterocycles. The maximum Gasteiger partial charge on any atom is 0.251 e. The second-order valence-corrected chi connectivity index (χ2v) is 11.4. The van der Waals surface area contributed by atoms with Gasteiger partial charge in [-0.15, -0.1) is 0 Å². The van der Waals surface area contributed by atoms with Crippen molar-refractivity contribution in [1.82, 2.24) is 15.2 Å². The number of nitrogens with one attached hydrogen (secondary N) is 1. The number of likely N-dealkylation sites (tertiary alicyclic amines) is 1. The van der Waals surface area contributed by atoms with Crippen molar-refractivity contribution in [3.8, 4) is 0 Å². The van der Waals surface area contributed by atoms with Crippen molar-refractivity contribution in [2.45, 2.75) is 45.2 Å². The SMILES string of the molecule is CC[C@@H](NC(=O)c1ccc(CN2CCC(Cc3ccc4ncccc4c3)CC2)cc1)c1ccc(I)cc1. The fourth-order valence-electron chi connectivity index (χ4n) is 5.31. The number of rotatable bonds is 8. The van der Waals surface area contributed by atoms with Crippen LogP contribution in [0.3, 0.4) is 0 Å². The van der Waals surface area contributed by atoms with Crippen LogP contribution in [0.5, 0.6) is 0 Å². The van der Waals surface area contributed by atoms with Gasteiger partial charge in [-0.05, 0) is 126 Å². The van der Waals surface area contributed by atoms with Gasteiger partial charge in [0.05, 0.1) is 11.6 Å². The number of aromatic nitrogens is 1. The van der Waals surface area contributed by atoms with Crippen LogP contribution < -0.4 is 5.32 Å². The number of piperidine rings is 1. The molecular weight excluding hydrogens is 569 g/mol. The predicted molar refractivity (Wildman–Crippen MR) is 160 cm³/mol. The number of hydrogen-bond acceptors (Lipinski definition) is 3. The van der Waals surface area contributed by atoms with Crippen LogP contribution in [0, 0.1) is 9.49 Å². The first-order valence-corrected chi connectivity index (χ1v) is 14.4. The average Bonchev–Trinajstić information content (AvgIpc) is 2.93. The predicted octanol–water partition coefficient (Wildman–Crippen LogP) is 7.18. The van der Waals surface area contributed by atoms with Crippen molar-refractivity contribution in [1.29, 1.82) is 0 Å². The molecule has 4 aromatic rings. The highest BCUT2D eigenvalue weighted by atomic mass is 127. The summed E-state index contributed by atoms with van der Waals surface area (Å²) in [6.45, 7) is 5.29. The molecule has 1 atom stereocenters. The summed E-state index contributed by atoms with van der Waals surface area (Å²) in [4.78, 5) is 19.9. The number of benzene rings is 3. The lowest BCUT2D eigenvalue weighted by Crippen LogP contribution is -2.33. The lowest BCUT2D eigenvalue weighted by Gasteiger charge is -2.32. The first-order chi connectivity index (χ1) is 18.1. The number of nitrogens with zero attached hydrogens (tertiary/aromatic N) is 2. The van der Waals surface area contributed by atoms with E-state index >= 15 is 0 Å². The molecule has 4 nitrogen and oxygen atoms in total. The quantitative estimate of drug-likeness (QED) is 0.217. The van der Waals surface area contributed by atoms with E-state index in [1.807, 2.05) is 24.4 Å². The molecule has 1 N–H and O–H groups in total. The molecule has 190 valence electrons. The van der Waals surface area contributed by atoms with Crippen LogP contribution in [0.15, 0.2) is 85.1 Å². The standard InChI is InChI=1S/C32H34IN3O/c1-2-30(26-10-12-29(33)13-11-26)35-32(37)27-8-5-24(6-9-27)22-36-18-15-23(16-19-36)20-25-7-14-31-28(21-25)4-3-17-34-31/h3-14,17,21,23,30H,2,15-16,18-20,22H2,1H3,(H,35,37)/t30-/m1/s1. The van der Waals surface area contributed by atoms with Gasteiger partial charge in [0.1, 0.15) is 0 Å². The summed E-state index contributed by atoms with van der Waals surface area (Å²) in [7, 11) is 0. The molecule has 37 heavy (non-hydrogen) atoms. The van der Waals surface area contributed by atoms with E-state index in [9.17, 15) is 4.79 Å². The normalized spacial score (nSPS) is 15.5. The van der Waals surface area contributed by atoms with Crippen LogP contribution in [0.2, 0.25) is 0 Å². The Hall–Kier alpha value is -2.77. The molecule has 1 fully saturated rings. The topological polar surface area (TPSA) is 45.2 Å². The Morgan fingerprint density at radius 2 is 1.73 bits per heavy atom. The van der Waals surface area contributed by atoms with Gasteiger partial charge in [-0.2, -0.15) is 0 Å². The molecule has 0 saturated carbocycles. The van der Waals surface area contributed by atoms with E-state index in [4.69, 9.17) is 0 Å². The Bertz CT molecular complexity index is 1330. The Labute approximate surface area is 233 Å². The smallest absolute Gasteiger partial charge is 0.251 e. The number of halogens is 1. The zero-order valence-electron chi connectivity index (χ0n) is 21.4. The van der Waals surface area contributed by atoms with Crippen molar-refractivity contribution in [2.75, 3.05) is 13.1 Å². The van der Waals surface area contributed by atoms with Crippen molar-refractivity contribution < 1.29 is 4.79 Å². The lowest BCUT2D eigenvalue weighted by atomic mass is 9.89. The zero-order chi connectivity index (χ0) is 25.6. The van der Waals surface area contributed by atoms with Gasteiger partial charge >= 0.3 is 0 Å². The molecule has 3 aromatic carbocycles. The van der Waals surface area contributed by atoms with E-state index in [0.717, 1.165) is 55.0 Å². The highest BCUT2D eigenvalue weighted by Gasteiger charge is 2.20. The van der Waals surface area contributed by atoms with Gasteiger partial charge in [-0.3, -0.25) is 14.7 Å². The molecule has 1 saturated heterocycles. The summed E-state index contributed by atoms with van der Waals surface area (Å²) in [5, 5.41) is 4.43. The second-order valence-electron chi connectivity index (χ2n) is 10.1. The molecule has 0 spiro atoms. The monoisotopic (exact) mass is 603 g/mol. The number of fused-ring (bicyclic) bond motifs is 1. The van der Waals surface area contributed by atoms with Gasteiger partial charge < -0.3 is 5.32 Å². The average molecular weight is 604 g/mol. The molecular formula is C32H34IN3O. The number of carbonyl (C=O) groups excluding carboxylic acids is 1. The van der Waals surface area contributed by atoms with Crippen LogP contribution in [0.1, 0.15) is 59.3 Å². The van der Waals surface area contributed by atoms with Gasteiger partial charge in [-0.25, -0.2) is 0 Å². The second kappa shape index (κ2) is 12.2. The molecule has 0 unspecified atom stereocenters. The first kappa shape index (κ1) is 25.9. The Morgan fingerprint density at radius 1 is 1.00 bits per heavy atom. The van der Waals surface area contributed by atoms with Crippen molar-refractivity contribution >= 4 is 39.4 Å². The van der Waals surface area contributed by atoms with Crippen molar-refractivity contribution in [2.24, 2.45) is 5.92 Å². The highest BCUT2D eigenvalue weighted by Crippen LogP contribution is 2.25. The number of carbonyl (C=O) groups is 1. The van der Waals surface area contributed by atoms with Gasteiger partial charge in [0.15, 0.2) is 0 Å². The van der Waals surface area contributed by atoms with Crippen LogP contribution in [0.4, 0.5) is 0 Å². The minimum Gasteiger partial charge on any atom is -0.345 e. The molecule has 5 rings (SSSR count). The van der Waals surface area contributed by atoms with Crippen molar-refractivity contribution in [3.05, 3.63) is 111 Å². The molecule has 0 bridgehead atoms. The fraction of sp³-hybridized carbons (Fsp3) is 0.312. The van der Waals surface area contributed by atoms with Crippen LogP contribution >= 0.6 is 22.6 Å². The summed E-state index contributed by atoms with van der Waals surface area (Å²) in [5.74, 6) is 0.721. The Kier molecular flexibility index (Phi) is 8.52. The largest absolute Gasteiger partial charge is 0.345 e. The first-order valence-electron chi connectivity index (χ1n) is 13.3. The summed E-state index contributed by atoms with van der Waals surface area (Å²) in [6.07, 6.45) is 6.31. The third kappa shape index (κ3) is 6.76. The third-order valence-corrected chi connectivity index (χ3v) is 8.23. The molecule has 1 aliphatic heterocycles. The van der Waals surface area contributed by atoms with Crippen LogP contribution in [-0.4, -0.2) is 28.9 Å². The fourth-order valence-corrected chi connectivity index (χ4v) is 5.67. The van der Waals surface area contributed by atoms with Crippen molar-refractivity contribution in [3.63, 3.8) is 0 Å². The molecule has 0 aliphatic carbocycles. The van der Waals surface area contributed by atoms with Gasteiger partial charge in [0, 0.05) is 27.3 Å². The van der Waals surface area contributed by atoms with Gasteiger partial charge in [0.25, 0.3) is 5.91 Å². The number of amides is 1. The van der Waals surface area contributed by atoms with Gasteiger partial charge in [0.2, 0.25) is 0 Å². The minimum atomic E-state index is -0.0118. The molecule has 5 heteroatoms. The third-order valence-electron chi connectivity index (χ3n) is 7.51. The zero-order valence-corrected chi connectivity index (χ0v) is 23.5. The van der Waals surface area contributed by atoms with Gasteiger partial charge in [-0.1, -0.05) is 43.3 Å². The van der Waals surface area contributed by atoms with Crippen LogP contribution in [0.25, 0.3) is 10.9 Å². The number of hydrogen-bond donors (Lipinski definition) is 1. The van der Waals surface area contributed by atoms with E-state index in [0.29, 0.717) is 0 Å². The maximum atomic E-state index is 12.9. The molecule has 1 aromatic heterocycles. The highest BCUT2D eigenvalue weighted by molar-refractivity contribution is 14.1.